The molecule has 1 aromatic carbocycles. The third-order valence-corrected chi connectivity index (χ3v) is 4.17. The number of benzene rings is 1. The summed E-state index contributed by atoms with van der Waals surface area (Å²) in [6.07, 6.45) is 1.38. The summed E-state index contributed by atoms with van der Waals surface area (Å²) in [6, 6.07) is 12.8. The summed E-state index contributed by atoms with van der Waals surface area (Å²) in [6.45, 7) is 4.79. The van der Waals surface area contributed by atoms with Crippen LogP contribution < -0.4 is 10.2 Å². The highest BCUT2D eigenvalue weighted by Crippen LogP contribution is 2.17. The number of aromatic nitrogens is 1. The Hall–Kier alpha value is -3.09. The molecule has 136 valence electrons. The molecule has 7 heteroatoms. The number of anilines is 2. The predicted molar refractivity (Wildman–Crippen MR) is 99.4 cm³/mol. The third kappa shape index (κ3) is 4.30. The lowest BCUT2D eigenvalue weighted by Crippen LogP contribution is -2.49. The van der Waals surface area contributed by atoms with Crippen LogP contribution in [0.3, 0.4) is 0 Å². The molecule has 0 atom stereocenters. The van der Waals surface area contributed by atoms with Crippen molar-refractivity contribution in [2.45, 2.75) is 6.92 Å². The number of amides is 2. The standard InChI is InChI=1S/C19H22N4O3/c1-2-26-19(25)23-12-10-22(11-13-23)17-9-8-16(14-20-17)21-18(24)15-6-4-3-5-7-15/h3-9,14H,2,10-13H2,1H3,(H,21,24). The molecule has 1 aliphatic heterocycles. The van der Waals surface area contributed by atoms with Crippen molar-refractivity contribution in [2.24, 2.45) is 0 Å². The summed E-state index contributed by atoms with van der Waals surface area (Å²) in [7, 11) is 0. The minimum absolute atomic E-state index is 0.164. The van der Waals surface area contributed by atoms with Gasteiger partial charge in [-0.05, 0) is 31.2 Å². The van der Waals surface area contributed by atoms with Crippen LogP contribution in [-0.4, -0.2) is 54.7 Å². The summed E-state index contributed by atoms with van der Waals surface area (Å²) < 4.78 is 5.02. The molecule has 2 amide bonds. The SMILES string of the molecule is CCOC(=O)N1CCN(c2ccc(NC(=O)c3ccccc3)cn2)CC1. The van der Waals surface area contributed by atoms with Gasteiger partial charge >= 0.3 is 6.09 Å². The van der Waals surface area contributed by atoms with E-state index in [-0.39, 0.29) is 12.0 Å². The van der Waals surface area contributed by atoms with Crippen LogP contribution >= 0.6 is 0 Å². The number of hydrogen-bond donors (Lipinski definition) is 1. The van der Waals surface area contributed by atoms with Gasteiger partial charge in [-0.3, -0.25) is 4.79 Å². The molecule has 1 aliphatic rings. The van der Waals surface area contributed by atoms with E-state index in [1.165, 1.54) is 0 Å². The van der Waals surface area contributed by atoms with E-state index in [4.69, 9.17) is 4.74 Å². The molecule has 26 heavy (non-hydrogen) atoms. The minimum atomic E-state index is -0.265. The molecule has 3 rings (SSSR count). The van der Waals surface area contributed by atoms with Crippen LogP contribution in [0.2, 0.25) is 0 Å². The van der Waals surface area contributed by atoms with Crippen LogP contribution in [0.25, 0.3) is 0 Å². The van der Waals surface area contributed by atoms with Gasteiger partial charge in [0.1, 0.15) is 5.82 Å². The number of nitrogens with one attached hydrogen (secondary N) is 1. The number of nitrogens with zero attached hydrogens (tertiary/aromatic N) is 3. The van der Waals surface area contributed by atoms with E-state index in [1.807, 2.05) is 30.3 Å². The first-order chi connectivity index (χ1) is 12.7. The molecule has 1 fully saturated rings. The van der Waals surface area contributed by atoms with Crippen molar-refractivity contribution in [1.29, 1.82) is 0 Å². The number of ether oxygens (including phenoxy) is 1. The Kier molecular flexibility index (Phi) is 5.68. The quantitative estimate of drug-likeness (QED) is 0.913. The molecule has 1 saturated heterocycles. The molecule has 0 saturated carbocycles. The first kappa shape index (κ1) is 17.7. The summed E-state index contributed by atoms with van der Waals surface area (Å²) >= 11 is 0. The van der Waals surface area contributed by atoms with Gasteiger partial charge in [0.2, 0.25) is 0 Å². The highest BCUT2D eigenvalue weighted by atomic mass is 16.6. The summed E-state index contributed by atoms with van der Waals surface area (Å²) in [5.74, 6) is 0.661. The van der Waals surface area contributed by atoms with Gasteiger partial charge in [-0.2, -0.15) is 0 Å². The average molecular weight is 354 g/mol. The summed E-state index contributed by atoms with van der Waals surface area (Å²) in [4.78, 5) is 32.1. The lowest BCUT2D eigenvalue weighted by Gasteiger charge is -2.34. The number of pyridine rings is 1. The van der Waals surface area contributed by atoms with Gasteiger partial charge in [0.15, 0.2) is 0 Å². The zero-order valence-corrected chi connectivity index (χ0v) is 14.7. The zero-order valence-electron chi connectivity index (χ0n) is 14.7. The Morgan fingerprint density at radius 3 is 2.42 bits per heavy atom. The summed E-state index contributed by atoms with van der Waals surface area (Å²) in [5.41, 5.74) is 1.25. The van der Waals surface area contributed by atoms with Gasteiger partial charge in [-0.15, -0.1) is 0 Å². The van der Waals surface area contributed by atoms with E-state index >= 15 is 0 Å². The fraction of sp³-hybridized carbons (Fsp3) is 0.316. The van der Waals surface area contributed by atoms with Gasteiger partial charge in [0.05, 0.1) is 18.5 Å². The lowest BCUT2D eigenvalue weighted by molar-refractivity contribution is 0.102. The van der Waals surface area contributed by atoms with Gasteiger partial charge in [0, 0.05) is 31.7 Å². The normalized spacial score (nSPS) is 14.0. The first-order valence-electron chi connectivity index (χ1n) is 8.66. The van der Waals surface area contributed by atoms with Crippen LogP contribution in [0.1, 0.15) is 17.3 Å². The number of rotatable bonds is 4. The fourth-order valence-electron chi connectivity index (χ4n) is 2.77. The van der Waals surface area contributed by atoms with Crippen molar-refractivity contribution in [3.05, 3.63) is 54.2 Å². The largest absolute Gasteiger partial charge is 0.450 e. The highest BCUT2D eigenvalue weighted by molar-refractivity contribution is 6.04. The topological polar surface area (TPSA) is 74.8 Å². The van der Waals surface area contributed by atoms with Gasteiger partial charge in [-0.25, -0.2) is 9.78 Å². The van der Waals surface area contributed by atoms with Gasteiger partial charge in [-0.1, -0.05) is 18.2 Å². The van der Waals surface area contributed by atoms with Crippen molar-refractivity contribution < 1.29 is 14.3 Å². The van der Waals surface area contributed by atoms with E-state index in [0.717, 1.165) is 5.82 Å². The maximum Gasteiger partial charge on any atom is 0.409 e. The van der Waals surface area contributed by atoms with Gasteiger partial charge < -0.3 is 19.9 Å². The van der Waals surface area contributed by atoms with Crippen LogP contribution in [-0.2, 0) is 4.74 Å². The Morgan fingerprint density at radius 1 is 1.08 bits per heavy atom. The van der Waals surface area contributed by atoms with Crippen LogP contribution in [0.15, 0.2) is 48.7 Å². The lowest BCUT2D eigenvalue weighted by atomic mass is 10.2. The number of hydrogen-bond acceptors (Lipinski definition) is 5. The second-order valence-electron chi connectivity index (χ2n) is 5.90. The predicted octanol–water partition coefficient (Wildman–Crippen LogP) is 2.61. The van der Waals surface area contributed by atoms with Crippen molar-refractivity contribution in [3.63, 3.8) is 0 Å². The monoisotopic (exact) mass is 354 g/mol. The van der Waals surface area contributed by atoms with E-state index in [1.54, 1.807) is 30.2 Å². The third-order valence-electron chi connectivity index (χ3n) is 4.17. The van der Waals surface area contributed by atoms with E-state index in [2.05, 4.69) is 15.2 Å². The summed E-state index contributed by atoms with van der Waals surface area (Å²) in [5, 5.41) is 2.84. The molecule has 1 N–H and O–H groups in total. The molecule has 0 aliphatic carbocycles. The zero-order chi connectivity index (χ0) is 18.4. The van der Waals surface area contributed by atoms with Crippen LogP contribution in [0.5, 0.6) is 0 Å². The fourth-order valence-corrected chi connectivity index (χ4v) is 2.77. The van der Waals surface area contributed by atoms with Crippen molar-refractivity contribution in [3.8, 4) is 0 Å². The number of carbonyl (C=O) groups excluding carboxylic acids is 2. The van der Waals surface area contributed by atoms with Crippen molar-refractivity contribution >= 4 is 23.5 Å². The Bertz CT molecular complexity index is 741. The Labute approximate surface area is 152 Å². The Balaban J connectivity index is 1.55. The second-order valence-corrected chi connectivity index (χ2v) is 5.90. The molecule has 0 spiro atoms. The molecule has 7 nitrogen and oxygen atoms in total. The van der Waals surface area contributed by atoms with E-state index in [9.17, 15) is 9.59 Å². The van der Waals surface area contributed by atoms with Crippen LogP contribution in [0.4, 0.5) is 16.3 Å². The molecular weight excluding hydrogens is 332 g/mol. The highest BCUT2D eigenvalue weighted by Gasteiger charge is 2.22. The van der Waals surface area contributed by atoms with Crippen molar-refractivity contribution in [2.75, 3.05) is 43.0 Å². The molecule has 0 unspecified atom stereocenters. The maximum atomic E-state index is 12.2. The van der Waals surface area contributed by atoms with Crippen LogP contribution in [0, 0.1) is 0 Å². The molecule has 0 bridgehead atoms. The number of carbonyl (C=O) groups is 2. The van der Waals surface area contributed by atoms with Gasteiger partial charge in [0.25, 0.3) is 5.91 Å². The minimum Gasteiger partial charge on any atom is -0.450 e. The van der Waals surface area contributed by atoms with E-state index < -0.39 is 0 Å². The maximum absolute atomic E-state index is 12.2. The molecule has 0 radical (unpaired) electrons. The average Bonchev–Trinajstić information content (AvgIpc) is 2.69. The first-order valence-corrected chi connectivity index (χ1v) is 8.66. The van der Waals surface area contributed by atoms with E-state index in [0.29, 0.717) is 44.0 Å². The smallest absolute Gasteiger partial charge is 0.409 e. The number of piperazine rings is 1. The molecule has 2 heterocycles. The molecular formula is C19H22N4O3. The Morgan fingerprint density at radius 2 is 1.81 bits per heavy atom. The molecule has 2 aromatic rings. The second kappa shape index (κ2) is 8.33. The van der Waals surface area contributed by atoms with Crippen molar-refractivity contribution in [1.82, 2.24) is 9.88 Å². The molecule has 1 aromatic heterocycles.